The summed E-state index contributed by atoms with van der Waals surface area (Å²) >= 11 is 0. The van der Waals surface area contributed by atoms with E-state index in [2.05, 4.69) is 10.1 Å². The molecule has 7 nitrogen and oxygen atoms in total. The fraction of sp³-hybridized carbons (Fsp3) is 0.227. The maximum Gasteiger partial charge on any atom is 0.253 e. The van der Waals surface area contributed by atoms with Crippen LogP contribution in [-0.4, -0.2) is 48.3 Å². The molecule has 0 atom stereocenters. The Morgan fingerprint density at radius 2 is 1.97 bits per heavy atom. The van der Waals surface area contributed by atoms with Gasteiger partial charge in [0.15, 0.2) is 5.58 Å². The summed E-state index contributed by atoms with van der Waals surface area (Å²) in [7, 11) is 3.35. The number of methoxy groups -OCH3 is 1. The standard InChI is InChI=1S/C22H21N3O4/c1-14-4-6-15(7-5-14)21-23-18(13-28-21)20-17-12-16(8-9-19(17)29-24-20)22(26)25(2)10-11-27-3/h4-9,12-13H,10-11H2,1-3H3. The zero-order valence-corrected chi connectivity index (χ0v) is 16.5. The van der Waals surface area contributed by atoms with E-state index in [9.17, 15) is 4.79 Å². The fourth-order valence-corrected chi connectivity index (χ4v) is 3.02. The zero-order valence-electron chi connectivity index (χ0n) is 16.5. The number of ether oxygens (including phenoxy) is 1. The van der Waals surface area contributed by atoms with Crippen LogP contribution in [0.3, 0.4) is 0 Å². The number of fused-ring (bicyclic) bond motifs is 1. The molecule has 1 amide bonds. The van der Waals surface area contributed by atoms with Gasteiger partial charge in [-0.3, -0.25) is 4.79 Å². The van der Waals surface area contributed by atoms with E-state index in [0.717, 1.165) is 11.1 Å². The number of benzene rings is 2. The van der Waals surface area contributed by atoms with Crippen molar-refractivity contribution in [3.8, 4) is 22.8 Å². The van der Waals surface area contributed by atoms with Crippen molar-refractivity contribution in [1.29, 1.82) is 0 Å². The first-order valence-electron chi connectivity index (χ1n) is 9.23. The van der Waals surface area contributed by atoms with Crippen LogP contribution >= 0.6 is 0 Å². The van der Waals surface area contributed by atoms with Crippen LogP contribution in [0, 0.1) is 6.92 Å². The minimum absolute atomic E-state index is 0.100. The Balaban J connectivity index is 1.66. The van der Waals surface area contributed by atoms with Gasteiger partial charge in [0.25, 0.3) is 5.91 Å². The lowest BCUT2D eigenvalue weighted by atomic mass is 10.1. The molecule has 0 N–H and O–H groups in total. The molecule has 0 aliphatic carbocycles. The number of hydrogen-bond acceptors (Lipinski definition) is 6. The molecule has 4 rings (SSSR count). The molecule has 0 unspecified atom stereocenters. The predicted octanol–water partition coefficient (Wildman–Crippen LogP) is 4.18. The largest absolute Gasteiger partial charge is 0.444 e. The van der Waals surface area contributed by atoms with Crippen molar-refractivity contribution in [2.24, 2.45) is 0 Å². The fourth-order valence-electron chi connectivity index (χ4n) is 3.02. The molecule has 0 spiro atoms. The van der Waals surface area contributed by atoms with Crippen molar-refractivity contribution < 1.29 is 18.5 Å². The van der Waals surface area contributed by atoms with Gasteiger partial charge >= 0.3 is 0 Å². The van der Waals surface area contributed by atoms with Crippen LogP contribution < -0.4 is 0 Å². The summed E-state index contributed by atoms with van der Waals surface area (Å²) in [5.41, 5.74) is 4.26. The molecule has 0 fully saturated rings. The zero-order chi connectivity index (χ0) is 20.4. The Kier molecular flexibility index (Phi) is 5.14. The number of hydrogen-bond donors (Lipinski definition) is 0. The van der Waals surface area contributed by atoms with Crippen molar-refractivity contribution in [3.05, 3.63) is 59.9 Å². The first kappa shape index (κ1) is 18.9. The van der Waals surface area contributed by atoms with Crippen LogP contribution in [0.5, 0.6) is 0 Å². The van der Waals surface area contributed by atoms with E-state index in [1.807, 2.05) is 31.2 Å². The third-order valence-corrected chi connectivity index (χ3v) is 4.74. The molecule has 2 heterocycles. The third kappa shape index (κ3) is 3.77. The van der Waals surface area contributed by atoms with Gasteiger partial charge in [0.1, 0.15) is 17.7 Å². The molecule has 0 radical (unpaired) electrons. The average molecular weight is 391 g/mol. The summed E-state index contributed by atoms with van der Waals surface area (Å²) in [5.74, 6) is 0.402. The molecule has 2 aromatic heterocycles. The molecule has 29 heavy (non-hydrogen) atoms. The molecule has 0 aliphatic rings. The van der Waals surface area contributed by atoms with Crippen LogP contribution in [0.4, 0.5) is 0 Å². The highest BCUT2D eigenvalue weighted by molar-refractivity contribution is 6.00. The van der Waals surface area contributed by atoms with Gasteiger partial charge in [-0.15, -0.1) is 0 Å². The number of rotatable bonds is 6. The maximum absolute atomic E-state index is 12.7. The molecule has 4 aromatic rings. The van der Waals surface area contributed by atoms with E-state index in [4.69, 9.17) is 13.7 Å². The second-order valence-corrected chi connectivity index (χ2v) is 6.87. The van der Waals surface area contributed by atoms with Gasteiger partial charge < -0.3 is 18.6 Å². The van der Waals surface area contributed by atoms with Gasteiger partial charge in [0.2, 0.25) is 5.89 Å². The van der Waals surface area contributed by atoms with E-state index >= 15 is 0 Å². The quantitative estimate of drug-likeness (QED) is 0.490. The van der Waals surface area contributed by atoms with Gasteiger partial charge in [0.05, 0.1) is 12.0 Å². The van der Waals surface area contributed by atoms with Crippen molar-refractivity contribution in [3.63, 3.8) is 0 Å². The molecule has 148 valence electrons. The number of carbonyl (C=O) groups excluding carboxylic acids is 1. The molecule has 0 saturated carbocycles. The summed E-state index contributed by atoms with van der Waals surface area (Å²) in [6.07, 6.45) is 1.55. The van der Waals surface area contributed by atoms with Gasteiger partial charge in [-0.2, -0.15) is 0 Å². The van der Waals surface area contributed by atoms with Gasteiger partial charge in [-0.1, -0.05) is 22.9 Å². The van der Waals surface area contributed by atoms with Crippen molar-refractivity contribution in [1.82, 2.24) is 15.0 Å². The van der Waals surface area contributed by atoms with Gasteiger partial charge in [0, 0.05) is 31.8 Å². The lowest BCUT2D eigenvalue weighted by Gasteiger charge is -2.16. The Hall–Kier alpha value is -3.45. The van der Waals surface area contributed by atoms with Crippen molar-refractivity contribution in [2.75, 3.05) is 27.3 Å². The highest BCUT2D eigenvalue weighted by Crippen LogP contribution is 2.30. The highest BCUT2D eigenvalue weighted by atomic mass is 16.5. The van der Waals surface area contributed by atoms with E-state index in [0.29, 0.717) is 47.0 Å². The van der Waals surface area contributed by atoms with Crippen LogP contribution in [0.25, 0.3) is 33.8 Å². The molecule has 0 aliphatic heterocycles. The number of amides is 1. The molecule has 2 aromatic carbocycles. The van der Waals surface area contributed by atoms with Crippen molar-refractivity contribution >= 4 is 16.9 Å². The summed E-state index contributed by atoms with van der Waals surface area (Å²) < 4.78 is 16.1. The Morgan fingerprint density at radius 1 is 1.17 bits per heavy atom. The molecule has 0 bridgehead atoms. The maximum atomic E-state index is 12.7. The second kappa shape index (κ2) is 7.89. The SMILES string of the molecule is COCCN(C)C(=O)c1ccc2onc(-c3coc(-c4ccc(C)cc4)n3)c2c1. The summed E-state index contributed by atoms with van der Waals surface area (Å²) in [6.45, 7) is 3.01. The monoisotopic (exact) mass is 391 g/mol. The summed E-state index contributed by atoms with van der Waals surface area (Å²) in [4.78, 5) is 18.8. The first-order valence-corrected chi connectivity index (χ1v) is 9.23. The molecular weight excluding hydrogens is 370 g/mol. The highest BCUT2D eigenvalue weighted by Gasteiger charge is 2.19. The van der Waals surface area contributed by atoms with Crippen LogP contribution in [0.1, 0.15) is 15.9 Å². The van der Waals surface area contributed by atoms with Crippen molar-refractivity contribution in [2.45, 2.75) is 6.92 Å². The van der Waals surface area contributed by atoms with Crippen LogP contribution in [0.2, 0.25) is 0 Å². The van der Waals surface area contributed by atoms with Crippen LogP contribution in [0.15, 0.2) is 57.7 Å². The second-order valence-electron chi connectivity index (χ2n) is 6.87. The lowest BCUT2D eigenvalue weighted by molar-refractivity contribution is 0.0744. The third-order valence-electron chi connectivity index (χ3n) is 4.74. The lowest BCUT2D eigenvalue weighted by Crippen LogP contribution is -2.29. The first-order chi connectivity index (χ1) is 14.1. The molecule has 7 heteroatoms. The van der Waals surface area contributed by atoms with Gasteiger partial charge in [-0.05, 0) is 37.3 Å². The number of likely N-dealkylation sites (N-methyl/N-ethyl adjacent to an activating group) is 1. The number of carbonyl (C=O) groups is 1. The Morgan fingerprint density at radius 3 is 2.72 bits per heavy atom. The normalized spacial score (nSPS) is 11.1. The van der Waals surface area contributed by atoms with Crippen LogP contribution in [-0.2, 0) is 4.74 Å². The van der Waals surface area contributed by atoms with E-state index < -0.39 is 0 Å². The number of oxazole rings is 1. The van der Waals surface area contributed by atoms with E-state index in [1.165, 1.54) is 0 Å². The summed E-state index contributed by atoms with van der Waals surface area (Å²) in [5, 5.41) is 4.85. The number of aromatic nitrogens is 2. The molecular formula is C22H21N3O4. The predicted molar refractivity (Wildman–Crippen MR) is 109 cm³/mol. The number of nitrogens with zero attached hydrogens (tertiary/aromatic N) is 3. The Bertz CT molecular complexity index is 1140. The average Bonchev–Trinajstić information content (AvgIpc) is 3.38. The van der Waals surface area contributed by atoms with Gasteiger partial charge in [-0.25, -0.2) is 4.98 Å². The smallest absolute Gasteiger partial charge is 0.253 e. The minimum atomic E-state index is -0.100. The minimum Gasteiger partial charge on any atom is -0.444 e. The van der Waals surface area contributed by atoms with E-state index in [1.54, 1.807) is 43.5 Å². The summed E-state index contributed by atoms with van der Waals surface area (Å²) in [6, 6.07) is 13.2. The Labute approximate surface area is 167 Å². The number of aryl methyl sites for hydroxylation is 1. The van der Waals surface area contributed by atoms with E-state index in [-0.39, 0.29) is 5.91 Å². The topological polar surface area (TPSA) is 81.6 Å². The molecule has 0 saturated heterocycles.